The van der Waals surface area contributed by atoms with Gasteiger partial charge in [-0.1, -0.05) is 18.2 Å². The highest BCUT2D eigenvalue weighted by molar-refractivity contribution is 5.33. The highest BCUT2D eigenvalue weighted by Crippen LogP contribution is 2.17. The van der Waals surface area contributed by atoms with E-state index in [1.165, 1.54) is 18.4 Å². The van der Waals surface area contributed by atoms with E-state index in [2.05, 4.69) is 11.4 Å². The van der Waals surface area contributed by atoms with E-state index in [-0.39, 0.29) is 6.10 Å². The standard InChI is InChI=1S/C16H25NO3/c1-17-12-14-6-2-3-8-16(14)20-11-10-18-13-15-7-4-5-9-19-15/h2-3,6,8,15,17H,4-5,7,9-13H2,1H3. The Morgan fingerprint density at radius 3 is 2.95 bits per heavy atom. The first-order valence-electron chi connectivity index (χ1n) is 7.45. The van der Waals surface area contributed by atoms with Crippen molar-refractivity contribution in [3.05, 3.63) is 29.8 Å². The monoisotopic (exact) mass is 279 g/mol. The highest BCUT2D eigenvalue weighted by atomic mass is 16.5. The molecule has 4 heteroatoms. The first-order chi connectivity index (χ1) is 9.90. The third kappa shape index (κ3) is 5.12. The van der Waals surface area contributed by atoms with Crippen LogP contribution >= 0.6 is 0 Å². The van der Waals surface area contributed by atoms with Crippen LogP contribution in [0.1, 0.15) is 24.8 Å². The summed E-state index contributed by atoms with van der Waals surface area (Å²) in [5.41, 5.74) is 1.17. The van der Waals surface area contributed by atoms with Crippen LogP contribution < -0.4 is 10.1 Å². The fourth-order valence-electron chi connectivity index (χ4n) is 2.35. The number of benzene rings is 1. The lowest BCUT2D eigenvalue weighted by Crippen LogP contribution is -2.25. The number of nitrogens with one attached hydrogen (secondary N) is 1. The van der Waals surface area contributed by atoms with Gasteiger partial charge in [-0.25, -0.2) is 0 Å². The van der Waals surface area contributed by atoms with Crippen LogP contribution in [0, 0.1) is 0 Å². The quantitative estimate of drug-likeness (QED) is 0.742. The smallest absolute Gasteiger partial charge is 0.123 e. The molecule has 1 fully saturated rings. The molecule has 0 spiro atoms. The lowest BCUT2D eigenvalue weighted by atomic mass is 10.1. The summed E-state index contributed by atoms with van der Waals surface area (Å²) in [5.74, 6) is 0.930. The zero-order valence-electron chi connectivity index (χ0n) is 12.3. The van der Waals surface area contributed by atoms with E-state index in [4.69, 9.17) is 14.2 Å². The summed E-state index contributed by atoms with van der Waals surface area (Å²) in [4.78, 5) is 0. The van der Waals surface area contributed by atoms with Crippen LogP contribution in [0.4, 0.5) is 0 Å². The van der Waals surface area contributed by atoms with Gasteiger partial charge < -0.3 is 19.5 Å². The summed E-state index contributed by atoms with van der Waals surface area (Å²) in [7, 11) is 1.93. The van der Waals surface area contributed by atoms with Crippen LogP contribution in [0.25, 0.3) is 0 Å². The van der Waals surface area contributed by atoms with Crippen molar-refractivity contribution < 1.29 is 14.2 Å². The Morgan fingerprint density at radius 1 is 1.25 bits per heavy atom. The van der Waals surface area contributed by atoms with Gasteiger partial charge in [0.15, 0.2) is 0 Å². The van der Waals surface area contributed by atoms with Crippen molar-refractivity contribution in [2.75, 3.05) is 33.5 Å². The molecule has 20 heavy (non-hydrogen) atoms. The molecule has 0 radical (unpaired) electrons. The molecule has 0 bridgehead atoms. The normalized spacial score (nSPS) is 18.9. The first kappa shape index (κ1) is 15.3. The zero-order chi connectivity index (χ0) is 14.0. The summed E-state index contributed by atoms with van der Waals surface area (Å²) >= 11 is 0. The molecule has 1 saturated heterocycles. The minimum atomic E-state index is 0.278. The van der Waals surface area contributed by atoms with Gasteiger partial charge in [0.2, 0.25) is 0 Å². The number of rotatable bonds is 8. The second-order valence-corrected chi connectivity index (χ2v) is 5.05. The predicted molar refractivity (Wildman–Crippen MR) is 79.1 cm³/mol. The maximum absolute atomic E-state index is 5.77. The SMILES string of the molecule is CNCc1ccccc1OCCOCC1CCCCO1. The molecule has 1 atom stereocenters. The Morgan fingerprint density at radius 2 is 2.15 bits per heavy atom. The molecule has 1 heterocycles. The second-order valence-electron chi connectivity index (χ2n) is 5.05. The molecule has 112 valence electrons. The average Bonchev–Trinajstić information content (AvgIpc) is 2.50. The largest absolute Gasteiger partial charge is 0.491 e. The lowest BCUT2D eigenvalue weighted by Gasteiger charge is -2.22. The summed E-state index contributed by atoms with van der Waals surface area (Å²) < 4.78 is 17.0. The molecule has 4 nitrogen and oxygen atoms in total. The Hall–Kier alpha value is -1.10. The predicted octanol–water partition coefficient (Wildman–Crippen LogP) is 2.37. The summed E-state index contributed by atoms with van der Waals surface area (Å²) in [5, 5.41) is 3.14. The van der Waals surface area contributed by atoms with E-state index in [0.717, 1.165) is 25.3 Å². The van der Waals surface area contributed by atoms with Crippen molar-refractivity contribution in [1.29, 1.82) is 0 Å². The van der Waals surface area contributed by atoms with E-state index in [0.29, 0.717) is 19.8 Å². The molecule has 1 unspecified atom stereocenters. The molecule has 1 aliphatic rings. The van der Waals surface area contributed by atoms with Gasteiger partial charge in [-0.15, -0.1) is 0 Å². The Kier molecular flexibility index (Phi) is 6.84. The lowest BCUT2D eigenvalue weighted by molar-refractivity contribution is -0.0444. The van der Waals surface area contributed by atoms with Gasteiger partial charge in [0, 0.05) is 18.7 Å². The van der Waals surface area contributed by atoms with Crippen LogP contribution in [-0.4, -0.2) is 39.6 Å². The van der Waals surface area contributed by atoms with Gasteiger partial charge >= 0.3 is 0 Å². The molecule has 2 rings (SSSR count). The number of ether oxygens (including phenoxy) is 3. The van der Waals surface area contributed by atoms with E-state index < -0.39 is 0 Å². The molecule has 1 N–H and O–H groups in total. The fraction of sp³-hybridized carbons (Fsp3) is 0.625. The van der Waals surface area contributed by atoms with Gasteiger partial charge in [-0.3, -0.25) is 0 Å². The Balaban J connectivity index is 1.63. The van der Waals surface area contributed by atoms with Crippen molar-refractivity contribution in [3.63, 3.8) is 0 Å². The fourth-order valence-corrected chi connectivity index (χ4v) is 2.35. The molecular formula is C16H25NO3. The van der Waals surface area contributed by atoms with Crippen LogP contribution in [0.5, 0.6) is 5.75 Å². The minimum absolute atomic E-state index is 0.278. The van der Waals surface area contributed by atoms with Crippen LogP contribution in [0.3, 0.4) is 0 Å². The number of hydrogen-bond acceptors (Lipinski definition) is 4. The van der Waals surface area contributed by atoms with Crippen molar-refractivity contribution in [3.8, 4) is 5.75 Å². The number of hydrogen-bond donors (Lipinski definition) is 1. The molecule has 1 aromatic rings. The third-order valence-electron chi connectivity index (χ3n) is 3.40. The maximum atomic E-state index is 5.77. The van der Waals surface area contributed by atoms with E-state index in [1.54, 1.807) is 0 Å². The minimum Gasteiger partial charge on any atom is -0.491 e. The Labute approximate surface area is 121 Å². The van der Waals surface area contributed by atoms with Gasteiger partial charge in [-0.05, 0) is 32.4 Å². The molecule has 0 saturated carbocycles. The van der Waals surface area contributed by atoms with Crippen molar-refractivity contribution in [1.82, 2.24) is 5.32 Å². The van der Waals surface area contributed by atoms with Crippen molar-refractivity contribution in [2.24, 2.45) is 0 Å². The van der Waals surface area contributed by atoms with E-state index in [9.17, 15) is 0 Å². The average molecular weight is 279 g/mol. The highest BCUT2D eigenvalue weighted by Gasteiger charge is 2.13. The zero-order valence-corrected chi connectivity index (χ0v) is 12.3. The summed E-state index contributed by atoms with van der Waals surface area (Å²) in [6, 6.07) is 8.08. The van der Waals surface area contributed by atoms with Crippen LogP contribution in [0.15, 0.2) is 24.3 Å². The molecule has 1 aliphatic heterocycles. The van der Waals surface area contributed by atoms with E-state index >= 15 is 0 Å². The molecule has 0 amide bonds. The van der Waals surface area contributed by atoms with Gasteiger partial charge in [0.25, 0.3) is 0 Å². The first-order valence-corrected chi connectivity index (χ1v) is 7.45. The van der Waals surface area contributed by atoms with Crippen LogP contribution in [0.2, 0.25) is 0 Å². The molecule has 0 aromatic heterocycles. The number of para-hydroxylation sites is 1. The topological polar surface area (TPSA) is 39.7 Å². The van der Waals surface area contributed by atoms with Crippen LogP contribution in [-0.2, 0) is 16.0 Å². The second kappa shape index (κ2) is 8.95. The molecule has 1 aromatic carbocycles. The van der Waals surface area contributed by atoms with Crippen molar-refractivity contribution >= 4 is 0 Å². The summed E-state index contributed by atoms with van der Waals surface area (Å²) in [6.07, 6.45) is 3.83. The maximum Gasteiger partial charge on any atom is 0.123 e. The van der Waals surface area contributed by atoms with E-state index in [1.807, 2.05) is 25.2 Å². The molecular weight excluding hydrogens is 254 g/mol. The van der Waals surface area contributed by atoms with Crippen molar-refractivity contribution in [2.45, 2.75) is 31.9 Å². The molecule has 0 aliphatic carbocycles. The van der Waals surface area contributed by atoms with Gasteiger partial charge in [-0.2, -0.15) is 0 Å². The van der Waals surface area contributed by atoms with Gasteiger partial charge in [0.1, 0.15) is 12.4 Å². The third-order valence-corrected chi connectivity index (χ3v) is 3.40. The summed E-state index contributed by atoms with van der Waals surface area (Å²) in [6.45, 7) is 3.55. The Bertz CT molecular complexity index is 378. The van der Waals surface area contributed by atoms with Gasteiger partial charge in [0.05, 0.1) is 19.3 Å².